The Morgan fingerprint density at radius 3 is 2.35 bits per heavy atom. The largest absolute Gasteiger partial charge is 0.445 e. The molecule has 6 nitrogen and oxygen atoms in total. The molecule has 3 atom stereocenters. The number of amides is 1. The highest BCUT2D eigenvalue weighted by Gasteiger charge is 2.48. The van der Waals surface area contributed by atoms with Crippen LogP contribution in [0.5, 0.6) is 0 Å². The van der Waals surface area contributed by atoms with E-state index in [0.29, 0.717) is 19.5 Å². The zero-order chi connectivity index (χ0) is 17.9. The molecule has 6 heteroatoms. The Hall–Kier alpha value is -2.86. The van der Waals surface area contributed by atoms with Crippen LogP contribution in [-0.4, -0.2) is 47.2 Å². The number of hydrogen-bond acceptors (Lipinski definition) is 5. The Morgan fingerprint density at radius 2 is 1.65 bits per heavy atom. The molecule has 0 aliphatic carbocycles. The van der Waals surface area contributed by atoms with E-state index >= 15 is 0 Å². The van der Waals surface area contributed by atoms with Crippen LogP contribution in [0.1, 0.15) is 11.1 Å². The van der Waals surface area contributed by atoms with E-state index in [2.05, 4.69) is 0 Å². The van der Waals surface area contributed by atoms with Gasteiger partial charge in [0.2, 0.25) is 0 Å². The van der Waals surface area contributed by atoms with Crippen LogP contribution in [0.3, 0.4) is 0 Å². The molecule has 2 fully saturated rings. The van der Waals surface area contributed by atoms with Gasteiger partial charge in [0.15, 0.2) is 6.04 Å². The van der Waals surface area contributed by atoms with Crippen LogP contribution >= 0.6 is 0 Å². The van der Waals surface area contributed by atoms with Crippen molar-refractivity contribution in [2.24, 2.45) is 0 Å². The summed E-state index contributed by atoms with van der Waals surface area (Å²) >= 11 is 0. The third-order valence-corrected chi connectivity index (χ3v) is 4.78. The lowest BCUT2D eigenvalue weighted by molar-refractivity contribution is -0.177. The monoisotopic (exact) mass is 352 g/mol. The van der Waals surface area contributed by atoms with E-state index in [4.69, 9.17) is 9.57 Å². The summed E-state index contributed by atoms with van der Waals surface area (Å²) in [6.07, 6.45) is 0.221. The average Bonchev–Trinajstić information content (AvgIpc) is 3.00. The Kier molecular flexibility index (Phi) is 4.58. The molecule has 2 saturated heterocycles. The molecule has 0 saturated carbocycles. The predicted octanol–water partition coefficient (Wildman–Crippen LogP) is 2.39. The summed E-state index contributed by atoms with van der Waals surface area (Å²) in [6.45, 7) is 0.973. The summed E-state index contributed by atoms with van der Waals surface area (Å²) < 4.78 is 5.43. The number of hydrogen-bond donors (Lipinski definition) is 0. The first-order chi connectivity index (χ1) is 12.7. The molecule has 134 valence electrons. The Labute approximate surface area is 151 Å². The second kappa shape index (κ2) is 7.17. The first kappa shape index (κ1) is 16.6. The van der Waals surface area contributed by atoms with Crippen molar-refractivity contribution in [3.63, 3.8) is 0 Å². The standard InChI is InChI=1S/C20H20N2O4/c23-19-18-13-22(26-19)17(11-15-7-3-1-4-8-15)12-21(18)20(24)25-14-16-9-5-2-6-10-16/h1-10,17-18H,11-14H2/t17-,18-/m0/s1. The maximum absolute atomic E-state index is 12.6. The van der Waals surface area contributed by atoms with Gasteiger partial charge in [-0.25, -0.2) is 9.59 Å². The van der Waals surface area contributed by atoms with Gasteiger partial charge in [0.25, 0.3) is 0 Å². The molecular formula is C20H20N2O4. The molecule has 0 aromatic heterocycles. The minimum Gasteiger partial charge on any atom is -0.445 e. The third-order valence-electron chi connectivity index (χ3n) is 4.78. The van der Waals surface area contributed by atoms with Crippen LogP contribution in [0.25, 0.3) is 0 Å². The van der Waals surface area contributed by atoms with Crippen LogP contribution in [0.15, 0.2) is 60.7 Å². The number of fused-ring (bicyclic) bond motifs is 2. The van der Waals surface area contributed by atoms with Crippen LogP contribution < -0.4 is 0 Å². The van der Waals surface area contributed by atoms with Crippen LogP contribution in [0.4, 0.5) is 4.79 Å². The lowest BCUT2D eigenvalue weighted by atomic mass is 10.0. The van der Waals surface area contributed by atoms with Gasteiger partial charge in [-0.3, -0.25) is 4.90 Å². The summed E-state index contributed by atoms with van der Waals surface area (Å²) in [7, 11) is 0. The van der Waals surface area contributed by atoms with Crippen molar-refractivity contribution < 1.29 is 19.2 Å². The number of nitrogens with zero attached hydrogens (tertiary/aromatic N) is 2. The van der Waals surface area contributed by atoms with Crippen molar-refractivity contribution in [3.05, 3.63) is 71.8 Å². The molecule has 2 aromatic carbocycles. The fourth-order valence-electron chi connectivity index (χ4n) is 3.41. The van der Waals surface area contributed by atoms with Crippen molar-refractivity contribution in [3.8, 4) is 0 Å². The van der Waals surface area contributed by atoms with Crippen molar-refractivity contribution in [1.82, 2.24) is 9.96 Å². The Morgan fingerprint density at radius 1 is 1.00 bits per heavy atom. The Balaban J connectivity index is 1.44. The van der Waals surface area contributed by atoms with E-state index in [9.17, 15) is 9.59 Å². The molecule has 2 heterocycles. The highest BCUT2D eigenvalue weighted by molar-refractivity contribution is 5.83. The summed E-state index contributed by atoms with van der Waals surface area (Å²) in [5, 5.41) is 1.70. The lowest BCUT2D eigenvalue weighted by Gasteiger charge is -2.35. The van der Waals surface area contributed by atoms with Crippen molar-refractivity contribution in [2.75, 3.05) is 13.1 Å². The smallest absolute Gasteiger partial charge is 0.410 e. The highest BCUT2D eigenvalue weighted by Crippen LogP contribution is 2.26. The molecule has 0 N–H and O–H groups in total. The maximum Gasteiger partial charge on any atom is 0.410 e. The fourth-order valence-corrected chi connectivity index (χ4v) is 3.41. The minimum atomic E-state index is -0.592. The number of rotatable bonds is 4. The van der Waals surface area contributed by atoms with Gasteiger partial charge < -0.3 is 9.57 Å². The molecule has 2 aliphatic rings. The molecule has 2 bridgehead atoms. The first-order valence-electron chi connectivity index (χ1n) is 8.70. The number of hydroxylamine groups is 2. The van der Waals surface area contributed by atoms with Gasteiger partial charge in [0.1, 0.15) is 6.61 Å². The molecule has 1 unspecified atom stereocenters. The molecule has 1 amide bonds. The fraction of sp³-hybridized carbons (Fsp3) is 0.300. The number of ether oxygens (including phenoxy) is 1. The maximum atomic E-state index is 12.6. The van der Waals surface area contributed by atoms with Gasteiger partial charge in [-0.2, -0.15) is 0 Å². The van der Waals surface area contributed by atoms with Crippen molar-refractivity contribution >= 4 is 12.1 Å². The molecule has 26 heavy (non-hydrogen) atoms. The summed E-state index contributed by atoms with van der Waals surface area (Å²) in [6, 6.07) is 18.8. The quantitative estimate of drug-likeness (QED) is 0.846. The molecule has 2 aromatic rings. The van der Waals surface area contributed by atoms with E-state index in [1.165, 1.54) is 4.90 Å². The second-order valence-corrected chi connectivity index (χ2v) is 6.56. The van der Waals surface area contributed by atoms with Gasteiger partial charge in [0, 0.05) is 6.54 Å². The summed E-state index contributed by atoms with van der Waals surface area (Å²) in [5.74, 6) is -0.391. The van der Waals surface area contributed by atoms with Crippen LogP contribution in [0.2, 0.25) is 0 Å². The van der Waals surface area contributed by atoms with Gasteiger partial charge in [-0.15, -0.1) is 5.06 Å². The topological polar surface area (TPSA) is 59.1 Å². The number of piperazine rings is 1. The van der Waals surface area contributed by atoms with E-state index in [1.54, 1.807) is 5.06 Å². The van der Waals surface area contributed by atoms with Gasteiger partial charge in [0.05, 0.1) is 12.6 Å². The van der Waals surface area contributed by atoms with E-state index < -0.39 is 18.1 Å². The predicted molar refractivity (Wildman–Crippen MR) is 93.9 cm³/mol. The SMILES string of the molecule is O=C1ON2C[C@@H]1N(C(=O)OCc1ccccc1)C[C@@H]2Cc1ccccc1. The zero-order valence-electron chi connectivity index (χ0n) is 14.3. The highest BCUT2D eigenvalue weighted by atomic mass is 16.7. The van der Waals surface area contributed by atoms with Crippen molar-refractivity contribution in [1.29, 1.82) is 0 Å². The van der Waals surface area contributed by atoms with Crippen molar-refractivity contribution in [2.45, 2.75) is 25.1 Å². The van der Waals surface area contributed by atoms with Gasteiger partial charge in [-0.1, -0.05) is 60.7 Å². The van der Waals surface area contributed by atoms with E-state index in [0.717, 1.165) is 11.1 Å². The van der Waals surface area contributed by atoms with E-state index in [-0.39, 0.29) is 12.6 Å². The van der Waals surface area contributed by atoms with Crippen LogP contribution in [0, 0.1) is 0 Å². The number of carbonyl (C=O) groups excluding carboxylic acids is 2. The molecule has 4 rings (SSSR count). The molecule has 0 spiro atoms. The molecule has 2 aliphatic heterocycles. The lowest BCUT2D eigenvalue weighted by Crippen LogP contribution is -2.56. The van der Waals surface area contributed by atoms with Crippen LogP contribution in [-0.2, 0) is 27.4 Å². The van der Waals surface area contributed by atoms with E-state index in [1.807, 2.05) is 60.7 Å². The second-order valence-electron chi connectivity index (χ2n) is 6.56. The van der Waals surface area contributed by atoms with Gasteiger partial charge in [-0.05, 0) is 17.5 Å². The summed E-state index contributed by atoms with van der Waals surface area (Å²) in [5.41, 5.74) is 2.05. The molecular weight excluding hydrogens is 332 g/mol. The zero-order valence-corrected chi connectivity index (χ0v) is 14.3. The summed E-state index contributed by atoms with van der Waals surface area (Å²) in [4.78, 5) is 31.6. The number of carbonyl (C=O) groups is 2. The number of benzene rings is 2. The average molecular weight is 352 g/mol. The first-order valence-corrected chi connectivity index (χ1v) is 8.70. The normalized spacial score (nSPS) is 24.2. The van der Waals surface area contributed by atoms with Gasteiger partial charge >= 0.3 is 12.1 Å². The Bertz CT molecular complexity index is 781. The minimum absolute atomic E-state index is 0.0793. The molecule has 0 radical (unpaired) electrons. The third kappa shape index (κ3) is 3.41.